The Morgan fingerprint density at radius 3 is 2.44 bits per heavy atom. The van der Waals surface area contributed by atoms with Crippen molar-refractivity contribution >= 4 is 5.78 Å². The maximum absolute atomic E-state index is 12.1. The molecule has 2 nitrogen and oxygen atoms in total. The zero-order valence-electron chi connectivity index (χ0n) is 9.11. The standard InChI is InChI=1S/C14H14O2/c15-14(13-6-3-7-16-13)12-8-10-4-1-2-5-11(10)9-12/h1-2,4-6,12H,3,7-9H2. The Morgan fingerprint density at radius 2 is 1.88 bits per heavy atom. The lowest BCUT2D eigenvalue weighted by molar-refractivity contribution is -0.121. The fourth-order valence-electron chi connectivity index (χ4n) is 2.53. The van der Waals surface area contributed by atoms with Gasteiger partial charge in [-0.1, -0.05) is 24.3 Å². The predicted octanol–water partition coefficient (Wildman–Crippen LogP) is 2.27. The molecule has 16 heavy (non-hydrogen) atoms. The van der Waals surface area contributed by atoms with Gasteiger partial charge in [0, 0.05) is 12.3 Å². The van der Waals surface area contributed by atoms with E-state index in [1.165, 1.54) is 11.1 Å². The van der Waals surface area contributed by atoms with E-state index in [9.17, 15) is 4.79 Å². The molecule has 0 spiro atoms. The number of fused-ring (bicyclic) bond motifs is 1. The van der Waals surface area contributed by atoms with E-state index in [2.05, 4.69) is 12.1 Å². The molecule has 0 amide bonds. The molecule has 0 saturated carbocycles. The van der Waals surface area contributed by atoms with Gasteiger partial charge in [0.15, 0.2) is 5.76 Å². The van der Waals surface area contributed by atoms with E-state index in [4.69, 9.17) is 4.74 Å². The molecular weight excluding hydrogens is 200 g/mol. The lowest BCUT2D eigenvalue weighted by atomic mass is 9.99. The van der Waals surface area contributed by atoms with Crippen LogP contribution in [0.4, 0.5) is 0 Å². The summed E-state index contributed by atoms with van der Waals surface area (Å²) < 4.78 is 5.34. The molecule has 82 valence electrons. The smallest absolute Gasteiger partial charge is 0.200 e. The highest BCUT2D eigenvalue weighted by Gasteiger charge is 2.30. The average molecular weight is 214 g/mol. The summed E-state index contributed by atoms with van der Waals surface area (Å²) in [6.07, 6.45) is 4.54. The van der Waals surface area contributed by atoms with Gasteiger partial charge in [0.1, 0.15) is 0 Å². The molecule has 1 aliphatic heterocycles. The first-order valence-corrected chi connectivity index (χ1v) is 5.78. The average Bonchev–Trinajstić information content (AvgIpc) is 2.97. The zero-order valence-corrected chi connectivity index (χ0v) is 9.11. The summed E-state index contributed by atoms with van der Waals surface area (Å²) in [5.74, 6) is 0.883. The number of hydrogen-bond donors (Lipinski definition) is 0. The maximum Gasteiger partial charge on any atom is 0.200 e. The van der Waals surface area contributed by atoms with Crippen molar-refractivity contribution in [1.82, 2.24) is 0 Å². The molecule has 1 heterocycles. The first-order valence-electron chi connectivity index (χ1n) is 5.78. The van der Waals surface area contributed by atoms with Crippen LogP contribution in [0.2, 0.25) is 0 Å². The Labute approximate surface area is 94.9 Å². The Kier molecular flexibility index (Phi) is 2.28. The Bertz CT molecular complexity index is 435. The van der Waals surface area contributed by atoms with Gasteiger partial charge in [0.05, 0.1) is 6.61 Å². The first-order chi connectivity index (χ1) is 7.84. The number of rotatable bonds is 2. The predicted molar refractivity (Wildman–Crippen MR) is 61.0 cm³/mol. The molecule has 3 rings (SSSR count). The van der Waals surface area contributed by atoms with Crippen LogP contribution in [0.5, 0.6) is 0 Å². The van der Waals surface area contributed by atoms with E-state index in [1.807, 2.05) is 18.2 Å². The number of ether oxygens (including phenoxy) is 1. The molecule has 0 atom stereocenters. The molecule has 1 aromatic rings. The number of hydrogen-bond acceptors (Lipinski definition) is 2. The number of benzene rings is 1. The van der Waals surface area contributed by atoms with Crippen LogP contribution in [0.25, 0.3) is 0 Å². The highest BCUT2D eigenvalue weighted by Crippen LogP contribution is 2.29. The summed E-state index contributed by atoms with van der Waals surface area (Å²) in [6, 6.07) is 8.31. The number of carbonyl (C=O) groups is 1. The summed E-state index contributed by atoms with van der Waals surface area (Å²) >= 11 is 0. The second-order valence-electron chi connectivity index (χ2n) is 4.44. The topological polar surface area (TPSA) is 26.3 Å². The molecule has 0 radical (unpaired) electrons. The Morgan fingerprint density at radius 1 is 1.19 bits per heavy atom. The van der Waals surface area contributed by atoms with Gasteiger partial charge in [0.2, 0.25) is 5.78 Å². The van der Waals surface area contributed by atoms with Gasteiger partial charge < -0.3 is 4.74 Å². The molecule has 0 bridgehead atoms. The summed E-state index contributed by atoms with van der Waals surface area (Å²) in [6.45, 7) is 0.667. The zero-order chi connectivity index (χ0) is 11.0. The third-order valence-electron chi connectivity index (χ3n) is 3.37. The SMILES string of the molecule is O=C(C1=CCCO1)C1Cc2ccccc2C1. The second-order valence-corrected chi connectivity index (χ2v) is 4.44. The molecular formula is C14H14O2. The second kappa shape index (κ2) is 3.78. The van der Waals surface area contributed by atoms with Gasteiger partial charge in [-0.15, -0.1) is 0 Å². The van der Waals surface area contributed by atoms with E-state index in [0.29, 0.717) is 12.4 Å². The van der Waals surface area contributed by atoms with Gasteiger partial charge in [-0.05, 0) is 30.0 Å². The van der Waals surface area contributed by atoms with Gasteiger partial charge in [-0.2, -0.15) is 0 Å². The Hall–Kier alpha value is -1.57. The molecule has 2 heteroatoms. The molecule has 0 unspecified atom stereocenters. The highest BCUT2D eigenvalue weighted by atomic mass is 16.5. The summed E-state index contributed by atoms with van der Waals surface area (Å²) in [4.78, 5) is 12.1. The normalized spacial score (nSPS) is 19.1. The van der Waals surface area contributed by atoms with Crippen molar-refractivity contribution < 1.29 is 9.53 Å². The highest BCUT2D eigenvalue weighted by molar-refractivity contribution is 5.96. The maximum atomic E-state index is 12.1. The van der Waals surface area contributed by atoms with Crippen LogP contribution in [0.3, 0.4) is 0 Å². The lowest BCUT2D eigenvalue weighted by Crippen LogP contribution is -2.17. The van der Waals surface area contributed by atoms with Gasteiger partial charge in [-0.3, -0.25) is 4.79 Å². The van der Waals surface area contributed by atoms with Gasteiger partial charge in [-0.25, -0.2) is 0 Å². The largest absolute Gasteiger partial charge is 0.490 e. The minimum atomic E-state index is 0.0988. The van der Waals surface area contributed by atoms with Crippen molar-refractivity contribution in [2.24, 2.45) is 5.92 Å². The summed E-state index contributed by atoms with van der Waals surface area (Å²) in [7, 11) is 0. The van der Waals surface area contributed by atoms with Crippen LogP contribution in [0.1, 0.15) is 17.5 Å². The Balaban J connectivity index is 1.78. The number of ketones is 1. The quantitative estimate of drug-likeness (QED) is 0.755. The monoisotopic (exact) mass is 214 g/mol. The van der Waals surface area contributed by atoms with Crippen LogP contribution in [0.15, 0.2) is 36.1 Å². The van der Waals surface area contributed by atoms with E-state index < -0.39 is 0 Å². The molecule has 2 aliphatic rings. The molecule has 0 N–H and O–H groups in total. The van der Waals surface area contributed by atoms with Crippen LogP contribution < -0.4 is 0 Å². The third-order valence-corrected chi connectivity index (χ3v) is 3.37. The van der Waals surface area contributed by atoms with Gasteiger partial charge >= 0.3 is 0 Å². The molecule has 1 aliphatic carbocycles. The first kappa shape index (κ1) is 9.64. The minimum absolute atomic E-state index is 0.0988. The molecule has 0 fully saturated rings. The van der Waals surface area contributed by atoms with Crippen LogP contribution in [-0.2, 0) is 22.4 Å². The summed E-state index contributed by atoms with van der Waals surface area (Å²) in [5, 5.41) is 0. The molecule has 0 saturated heterocycles. The van der Waals surface area contributed by atoms with Crippen molar-refractivity contribution in [3.05, 3.63) is 47.2 Å². The van der Waals surface area contributed by atoms with Crippen molar-refractivity contribution in [3.8, 4) is 0 Å². The van der Waals surface area contributed by atoms with E-state index in [1.54, 1.807) is 0 Å². The fourth-order valence-corrected chi connectivity index (χ4v) is 2.53. The van der Waals surface area contributed by atoms with Crippen LogP contribution in [0, 0.1) is 5.92 Å². The third kappa shape index (κ3) is 1.54. The van der Waals surface area contributed by atoms with E-state index >= 15 is 0 Å². The number of carbonyl (C=O) groups excluding carboxylic acids is 1. The van der Waals surface area contributed by atoms with Crippen molar-refractivity contribution in [1.29, 1.82) is 0 Å². The number of allylic oxidation sites excluding steroid dienone is 1. The van der Waals surface area contributed by atoms with E-state index in [0.717, 1.165) is 19.3 Å². The van der Waals surface area contributed by atoms with Crippen LogP contribution >= 0.6 is 0 Å². The molecule has 0 aromatic heterocycles. The van der Waals surface area contributed by atoms with Crippen molar-refractivity contribution in [2.45, 2.75) is 19.3 Å². The number of Topliss-reactive ketones (excluding diaryl/α,β-unsaturated/α-hetero) is 1. The minimum Gasteiger partial charge on any atom is -0.490 e. The fraction of sp³-hybridized carbons (Fsp3) is 0.357. The van der Waals surface area contributed by atoms with Crippen LogP contribution in [-0.4, -0.2) is 12.4 Å². The molecule has 1 aromatic carbocycles. The van der Waals surface area contributed by atoms with Gasteiger partial charge in [0.25, 0.3) is 0 Å². The van der Waals surface area contributed by atoms with Crippen molar-refractivity contribution in [3.63, 3.8) is 0 Å². The lowest BCUT2D eigenvalue weighted by Gasteiger charge is -2.08. The summed E-state index contributed by atoms with van der Waals surface area (Å²) in [5.41, 5.74) is 2.64. The van der Waals surface area contributed by atoms with Crippen molar-refractivity contribution in [2.75, 3.05) is 6.61 Å². The van der Waals surface area contributed by atoms with E-state index in [-0.39, 0.29) is 11.7 Å².